The highest BCUT2D eigenvalue weighted by molar-refractivity contribution is 5.67. The number of nitrogens with zero attached hydrogens (tertiary/aromatic N) is 6. The van der Waals surface area contributed by atoms with Gasteiger partial charge < -0.3 is 15.1 Å². The Kier molecular flexibility index (Phi) is 3.22. The summed E-state index contributed by atoms with van der Waals surface area (Å²) in [7, 11) is 0. The molecular weight excluding hydrogens is 296 g/mol. The summed E-state index contributed by atoms with van der Waals surface area (Å²) in [4.78, 5) is 11.1. The molecule has 118 valence electrons. The van der Waals surface area contributed by atoms with E-state index in [2.05, 4.69) is 25.2 Å². The van der Waals surface area contributed by atoms with Gasteiger partial charge in [0.2, 0.25) is 5.65 Å². The first-order valence-corrected chi connectivity index (χ1v) is 7.53. The number of hydrogen-bond acceptors (Lipinski definition) is 7. The van der Waals surface area contributed by atoms with Crippen LogP contribution in [0.1, 0.15) is 18.4 Å². The standard InChI is InChI=1S/C15H16N6O2/c22-11-3-4-12(23)10(7-11)9-21-15-14(18-19-21)16-8-13(17-15)20-5-1-2-6-20/h3-4,7-8,22-23H,1-2,5-6,9H2. The molecule has 8 heteroatoms. The summed E-state index contributed by atoms with van der Waals surface area (Å²) in [5.41, 5.74) is 1.58. The number of aromatic hydroxyl groups is 2. The Labute approximate surface area is 132 Å². The molecule has 0 radical (unpaired) electrons. The number of anilines is 1. The van der Waals surface area contributed by atoms with Crippen LogP contribution in [0, 0.1) is 0 Å². The summed E-state index contributed by atoms with van der Waals surface area (Å²) >= 11 is 0. The highest BCUT2D eigenvalue weighted by Crippen LogP contribution is 2.24. The van der Waals surface area contributed by atoms with E-state index in [-0.39, 0.29) is 18.0 Å². The van der Waals surface area contributed by atoms with Crippen molar-refractivity contribution in [3.05, 3.63) is 30.0 Å². The number of benzene rings is 1. The third-order valence-electron chi connectivity index (χ3n) is 4.03. The Morgan fingerprint density at radius 1 is 1.13 bits per heavy atom. The molecule has 0 aliphatic carbocycles. The Morgan fingerprint density at radius 2 is 1.96 bits per heavy atom. The lowest BCUT2D eigenvalue weighted by Gasteiger charge is -2.15. The number of rotatable bonds is 3. The molecule has 23 heavy (non-hydrogen) atoms. The van der Waals surface area contributed by atoms with Crippen molar-refractivity contribution in [3.8, 4) is 11.5 Å². The van der Waals surface area contributed by atoms with Gasteiger partial charge in [-0.2, -0.15) is 0 Å². The van der Waals surface area contributed by atoms with Gasteiger partial charge in [0.15, 0.2) is 5.65 Å². The molecule has 8 nitrogen and oxygen atoms in total. The zero-order chi connectivity index (χ0) is 15.8. The normalized spacial score (nSPS) is 14.7. The topological polar surface area (TPSA) is 100 Å². The van der Waals surface area contributed by atoms with E-state index in [0.717, 1.165) is 31.7 Å². The number of phenolic OH excluding ortho intramolecular Hbond substituents is 2. The second kappa shape index (κ2) is 5.38. The van der Waals surface area contributed by atoms with Crippen molar-refractivity contribution in [2.45, 2.75) is 19.4 Å². The molecule has 2 aromatic heterocycles. The van der Waals surface area contributed by atoms with Crippen LogP contribution in [0.25, 0.3) is 11.3 Å². The van der Waals surface area contributed by atoms with Gasteiger partial charge in [0, 0.05) is 18.7 Å². The van der Waals surface area contributed by atoms with Crippen molar-refractivity contribution >= 4 is 17.1 Å². The van der Waals surface area contributed by atoms with Gasteiger partial charge in [-0.15, -0.1) is 5.10 Å². The van der Waals surface area contributed by atoms with E-state index in [9.17, 15) is 10.2 Å². The van der Waals surface area contributed by atoms with Gasteiger partial charge in [-0.1, -0.05) is 5.21 Å². The van der Waals surface area contributed by atoms with E-state index in [0.29, 0.717) is 16.9 Å². The Balaban J connectivity index is 1.71. The van der Waals surface area contributed by atoms with E-state index in [1.165, 1.54) is 18.2 Å². The van der Waals surface area contributed by atoms with Crippen LogP contribution < -0.4 is 4.90 Å². The SMILES string of the molecule is Oc1ccc(O)c(Cn2nnc3ncc(N4CCCC4)nc32)c1. The number of phenols is 2. The Bertz CT molecular complexity index is 856. The first-order valence-electron chi connectivity index (χ1n) is 7.53. The smallest absolute Gasteiger partial charge is 0.221 e. The van der Waals surface area contributed by atoms with Crippen molar-refractivity contribution in [1.82, 2.24) is 25.0 Å². The van der Waals surface area contributed by atoms with Crippen LogP contribution in [0.15, 0.2) is 24.4 Å². The second-order valence-electron chi connectivity index (χ2n) is 5.63. The van der Waals surface area contributed by atoms with Crippen LogP contribution >= 0.6 is 0 Å². The van der Waals surface area contributed by atoms with E-state index >= 15 is 0 Å². The summed E-state index contributed by atoms with van der Waals surface area (Å²) in [6.45, 7) is 2.22. The molecule has 3 heterocycles. The van der Waals surface area contributed by atoms with Crippen LogP contribution in [-0.2, 0) is 6.54 Å². The molecule has 1 saturated heterocycles. The van der Waals surface area contributed by atoms with E-state index in [1.807, 2.05) is 0 Å². The minimum Gasteiger partial charge on any atom is -0.508 e. The minimum absolute atomic E-state index is 0.0889. The van der Waals surface area contributed by atoms with Gasteiger partial charge in [-0.25, -0.2) is 14.6 Å². The summed E-state index contributed by atoms with van der Waals surface area (Å²) in [6.07, 6.45) is 4.04. The highest BCUT2D eigenvalue weighted by atomic mass is 16.3. The molecule has 1 fully saturated rings. The van der Waals surface area contributed by atoms with Gasteiger partial charge in [-0.3, -0.25) is 0 Å². The van der Waals surface area contributed by atoms with Gasteiger partial charge in [0.25, 0.3) is 0 Å². The lowest BCUT2D eigenvalue weighted by molar-refractivity contribution is 0.450. The maximum atomic E-state index is 9.92. The molecule has 4 rings (SSSR count). The van der Waals surface area contributed by atoms with Crippen LogP contribution in [0.4, 0.5) is 5.82 Å². The highest BCUT2D eigenvalue weighted by Gasteiger charge is 2.17. The number of aromatic nitrogens is 5. The average Bonchev–Trinajstić information content (AvgIpc) is 3.20. The first kappa shape index (κ1) is 13.7. The molecule has 0 spiro atoms. The summed E-state index contributed by atoms with van der Waals surface area (Å²) < 4.78 is 1.58. The van der Waals surface area contributed by atoms with Crippen molar-refractivity contribution < 1.29 is 10.2 Å². The Hall–Kier alpha value is -2.90. The number of hydrogen-bond donors (Lipinski definition) is 2. The van der Waals surface area contributed by atoms with E-state index in [1.54, 1.807) is 10.9 Å². The summed E-state index contributed by atoms with van der Waals surface area (Å²) in [5, 5.41) is 27.6. The van der Waals surface area contributed by atoms with Gasteiger partial charge in [-0.05, 0) is 31.0 Å². The minimum atomic E-state index is 0.0889. The van der Waals surface area contributed by atoms with Crippen LogP contribution in [0.2, 0.25) is 0 Å². The van der Waals surface area contributed by atoms with Crippen molar-refractivity contribution in [1.29, 1.82) is 0 Å². The fourth-order valence-electron chi connectivity index (χ4n) is 2.81. The zero-order valence-corrected chi connectivity index (χ0v) is 12.4. The van der Waals surface area contributed by atoms with Crippen molar-refractivity contribution in [2.75, 3.05) is 18.0 Å². The second-order valence-corrected chi connectivity index (χ2v) is 5.63. The molecule has 0 atom stereocenters. The van der Waals surface area contributed by atoms with Crippen LogP contribution in [0.3, 0.4) is 0 Å². The largest absolute Gasteiger partial charge is 0.508 e. The third-order valence-corrected chi connectivity index (χ3v) is 4.03. The molecule has 0 bridgehead atoms. The third kappa shape index (κ3) is 2.52. The maximum Gasteiger partial charge on any atom is 0.221 e. The number of fused-ring (bicyclic) bond motifs is 1. The molecule has 1 aromatic carbocycles. The molecule has 1 aliphatic heterocycles. The summed E-state index contributed by atoms with van der Waals surface area (Å²) in [6, 6.07) is 4.38. The van der Waals surface area contributed by atoms with E-state index < -0.39 is 0 Å². The van der Waals surface area contributed by atoms with Crippen LogP contribution in [-0.4, -0.2) is 48.3 Å². The quantitative estimate of drug-likeness (QED) is 0.703. The van der Waals surface area contributed by atoms with Crippen LogP contribution in [0.5, 0.6) is 11.5 Å². The molecule has 2 N–H and O–H groups in total. The average molecular weight is 312 g/mol. The fraction of sp³-hybridized carbons (Fsp3) is 0.333. The molecule has 3 aromatic rings. The lowest BCUT2D eigenvalue weighted by Crippen LogP contribution is -2.19. The predicted octanol–water partition coefficient (Wildman–Crippen LogP) is 1.28. The maximum absolute atomic E-state index is 9.92. The first-order chi connectivity index (χ1) is 11.2. The molecular formula is C15H16N6O2. The summed E-state index contributed by atoms with van der Waals surface area (Å²) in [5.74, 6) is 1.000. The zero-order valence-electron chi connectivity index (χ0n) is 12.4. The Morgan fingerprint density at radius 3 is 2.78 bits per heavy atom. The molecule has 0 amide bonds. The molecule has 0 unspecified atom stereocenters. The molecule has 0 saturated carbocycles. The van der Waals surface area contributed by atoms with Crippen molar-refractivity contribution in [2.24, 2.45) is 0 Å². The monoisotopic (exact) mass is 312 g/mol. The van der Waals surface area contributed by atoms with Crippen molar-refractivity contribution in [3.63, 3.8) is 0 Å². The molecule has 1 aliphatic rings. The fourth-order valence-corrected chi connectivity index (χ4v) is 2.81. The van der Waals surface area contributed by atoms with Gasteiger partial charge in [0.05, 0.1) is 12.7 Å². The van der Waals surface area contributed by atoms with E-state index in [4.69, 9.17) is 0 Å². The van der Waals surface area contributed by atoms with Gasteiger partial charge in [0.1, 0.15) is 17.3 Å². The van der Waals surface area contributed by atoms with Gasteiger partial charge >= 0.3 is 0 Å². The lowest BCUT2D eigenvalue weighted by atomic mass is 10.2. The predicted molar refractivity (Wildman–Crippen MR) is 83.4 cm³/mol.